The molecule has 1 aromatic carbocycles. The summed E-state index contributed by atoms with van der Waals surface area (Å²) in [5.41, 5.74) is 2.12. The molecule has 0 aliphatic carbocycles. The first-order chi connectivity index (χ1) is 9.72. The van der Waals surface area contributed by atoms with Crippen LogP contribution < -0.4 is 10.1 Å². The maximum absolute atomic E-state index is 9.98. The maximum atomic E-state index is 9.98. The second-order valence-electron chi connectivity index (χ2n) is 4.93. The number of ether oxygens (including phenoxy) is 1. The van der Waals surface area contributed by atoms with Crippen LogP contribution in [0, 0.1) is 0 Å². The number of hydrogen-bond donors (Lipinski definition) is 2. The monoisotopic (exact) mass is 309 g/mol. The molecule has 2 atom stereocenters. The van der Waals surface area contributed by atoms with Gasteiger partial charge in [0.05, 0.1) is 6.10 Å². The van der Waals surface area contributed by atoms with E-state index >= 15 is 0 Å². The van der Waals surface area contributed by atoms with E-state index in [1.807, 2.05) is 35.0 Å². The quantitative estimate of drug-likeness (QED) is 0.892. The van der Waals surface area contributed by atoms with Gasteiger partial charge in [-0.1, -0.05) is 11.6 Å². The number of nitrogens with one attached hydrogen (secondary N) is 1. The summed E-state index contributed by atoms with van der Waals surface area (Å²) in [4.78, 5) is 0. The lowest BCUT2D eigenvalue weighted by Crippen LogP contribution is -2.32. The molecular formula is C15H16ClNO2S. The van der Waals surface area contributed by atoms with Gasteiger partial charge in [0, 0.05) is 24.5 Å². The van der Waals surface area contributed by atoms with E-state index in [0.29, 0.717) is 13.1 Å². The van der Waals surface area contributed by atoms with E-state index in [9.17, 15) is 5.11 Å². The van der Waals surface area contributed by atoms with Crippen LogP contribution in [0.5, 0.6) is 5.75 Å². The van der Waals surface area contributed by atoms with E-state index in [0.717, 1.165) is 28.3 Å². The van der Waals surface area contributed by atoms with Crippen LogP contribution in [-0.4, -0.2) is 24.3 Å². The lowest BCUT2D eigenvalue weighted by Gasteiger charge is -2.14. The van der Waals surface area contributed by atoms with Crippen LogP contribution in [0.3, 0.4) is 0 Å². The number of hydrogen-bond acceptors (Lipinski definition) is 4. The molecule has 2 heterocycles. The van der Waals surface area contributed by atoms with Crippen molar-refractivity contribution in [2.45, 2.75) is 18.6 Å². The molecule has 106 valence electrons. The van der Waals surface area contributed by atoms with Gasteiger partial charge < -0.3 is 15.2 Å². The van der Waals surface area contributed by atoms with Crippen LogP contribution in [0.4, 0.5) is 0 Å². The Morgan fingerprint density at radius 3 is 3.15 bits per heavy atom. The number of rotatable bonds is 5. The predicted octanol–water partition coefficient (Wildman–Crippen LogP) is 3.03. The summed E-state index contributed by atoms with van der Waals surface area (Å²) >= 11 is 7.57. The average Bonchev–Trinajstić information content (AvgIpc) is 3.06. The zero-order chi connectivity index (χ0) is 13.9. The third-order valence-corrected chi connectivity index (χ3v) is 4.34. The van der Waals surface area contributed by atoms with Crippen LogP contribution >= 0.6 is 22.9 Å². The summed E-state index contributed by atoms with van der Waals surface area (Å²) in [6.45, 7) is 1.25. The largest absolute Gasteiger partial charge is 0.488 e. The first kappa shape index (κ1) is 13.9. The Kier molecular flexibility index (Phi) is 4.27. The molecule has 2 unspecified atom stereocenters. The summed E-state index contributed by atoms with van der Waals surface area (Å²) in [5.74, 6) is 0.916. The molecule has 20 heavy (non-hydrogen) atoms. The highest BCUT2D eigenvalue weighted by atomic mass is 35.5. The van der Waals surface area contributed by atoms with Crippen LogP contribution in [0.2, 0.25) is 5.02 Å². The van der Waals surface area contributed by atoms with E-state index in [1.165, 1.54) is 0 Å². The van der Waals surface area contributed by atoms with Gasteiger partial charge in [-0.15, -0.1) is 0 Å². The molecule has 3 rings (SSSR count). The smallest absolute Gasteiger partial charge is 0.123 e. The molecular weight excluding hydrogens is 294 g/mol. The average molecular weight is 310 g/mol. The number of aliphatic hydroxyl groups is 1. The van der Waals surface area contributed by atoms with E-state index in [1.54, 1.807) is 11.3 Å². The highest BCUT2D eigenvalue weighted by Gasteiger charge is 2.22. The minimum absolute atomic E-state index is 0.109. The number of aliphatic hydroxyl groups excluding tert-OH is 1. The van der Waals surface area contributed by atoms with Gasteiger partial charge in [0.1, 0.15) is 11.9 Å². The molecule has 3 nitrogen and oxygen atoms in total. The fourth-order valence-electron chi connectivity index (χ4n) is 2.37. The number of halogens is 1. The number of benzene rings is 1. The predicted molar refractivity (Wildman–Crippen MR) is 81.7 cm³/mol. The molecule has 0 spiro atoms. The normalized spacial score (nSPS) is 18.6. The molecule has 0 saturated heterocycles. The molecule has 0 radical (unpaired) electrons. The van der Waals surface area contributed by atoms with Crippen LogP contribution in [0.15, 0.2) is 35.0 Å². The Hall–Kier alpha value is -1.07. The third kappa shape index (κ3) is 3.15. The van der Waals surface area contributed by atoms with Gasteiger partial charge >= 0.3 is 0 Å². The molecule has 0 amide bonds. The van der Waals surface area contributed by atoms with E-state index in [4.69, 9.17) is 16.3 Å². The van der Waals surface area contributed by atoms with Crippen molar-refractivity contribution in [3.63, 3.8) is 0 Å². The molecule has 1 aromatic heterocycles. The highest BCUT2D eigenvalue weighted by molar-refractivity contribution is 7.07. The molecule has 0 fully saturated rings. The molecule has 2 aromatic rings. The maximum Gasteiger partial charge on any atom is 0.123 e. The third-order valence-electron chi connectivity index (χ3n) is 3.40. The minimum Gasteiger partial charge on any atom is -0.488 e. The summed E-state index contributed by atoms with van der Waals surface area (Å²) in [6.07, 6.45) is 0.509. The summed E-state index contributed by atoms with van der Waals surface area (Å²) < 4.78 is 5.83. The van der Waals surface area contributed by atoms with Crippen molar-refractivity contribution in [2.24, 2.45) is 0 Å². The fraction of sp³-hybridized carbons (Fsp3) is 0.333. The summed E-state index contributed by atoms with van der Waals surface area (Å²) in [5, 5.41) is 17.9. The second kappa shape index (κ2) is 6.14. The Morgan fingerprint density at radius 1 is 1.45 bits per heavy atom. The lowest BCUT2D eigenvalue weighted by atomic mass is 10.1. The van der Waals surface area contributed by atoms with Crippen molar-refractivity contribution in [1.29, 1.82) is 0 Å². The molecule has 1 aliphatic heterocycles. The molecule has 2 N–H and O–H groups in total. The van der Waals surface area contributed by atoms with Gasteiger partial charge in [-0.05, 0) is 46.2 Å². The SMILES string of the molecule is OC(CNCC1Cc2cc(Cl)ccc2O1)c1ccsc1. The fourth-order valence-corrected chi connectivity index (χ4v) is 3.27. The van der Waals surface area contributed by atoms with Crippen molar-refractivity contribution >= 4 is 22.9 Å². The standard InChI is InChI=1S/C15H16ClNO2S/c16-12-1-2-15-11(5-12)6-13(19-15)7-17-8-14(18)10-3-4-20-9-10/h1-5,9,13-14,17-18H,6-8H2. The minimum atomic E-state index is -0.459. The van der Waals surface area contributed by atoms with Crippen molar-refractivity contribution in [2.75, 3.05) is 13.1 Å². The van der Waals surface area contributed by atoms with Crippen LogP contribution in [0.25, 0.3) is 0 Å². The van der Waals surface area contributed by atoms with E-state index in [2.05, 4.69) is 5.32 Å². The summed E-state index contributed by atoms with van der Waals surface area (Å²) in [6, 6.07) is 7.66. The van der Waals surface area contributed by atoms with Crippen molar-refractivity contribution in [3.05, 3.63) is 51.2 Å². The summed E-state index contributed by atoms with van der Waals surface area (Å²) in [7, 11) is 0. The Balaban J connectivity index is 1.47. The molecule has 0 saturated carbocycles. The van der Waals surface area contributed by atoms with E-state index in [-0.39, 0.29) is 6.10 Å². The zero-order valence-electron chi connectivity index (χ0n) is 10.9. The van der Waals surface area contributed by atoms with Crippen molar-refractivity contribution < 1.29 is 9.84 Å². The Labute approximate surface area is 127 Å². The van der Waals surface area contributed by atoms with Gasteiger partial charge in [0.25, 0.3) is 0 Å². The zero-order valence-corrected chi connectivity index (χ0v) is 12.5. The number of fused-ring (bicyclic) bond motifs is 1. The van der Waals surface area contributed by atoms with Gasteiger partial charge in [-0.3, -0.25) is 0 Å². The molecule has 1 aliphatic rings. The van der Waals surface area contributed by atoms with Crippen molar-refractivity contribution in [1.82, 2.24) is 5.32 Å². The molecule has 5 heteroatoms. The lowest BCUT2D eigenvalue weighted by molar-refractivity contribution is 0.164. The first-order valence-corrected chi connectivity index (χ1v) is 7.90. The first-order valence-electron chi connectivity index (χ1n) is 6.58. The van der Waals surface area contributed by atoms with Crippen molar-refractivity contribution in [3.8, 4) is 5.75 Å². The van der Waals surface area contributed by atoms with Gasteiger partial charge in [-0.25, -0.2) is 0 Å². The van der Waals surface area contributed by atoms with Gasteiger partial charge in [-0.2, -0.15) is 11.3 Å². The topological polar surface area (TPSA) is 41.5 Å². The van der Waals surface area contributed by atoms with Gasteiger partial charge in [0.2, 0.25) is 0 Å². The van der Waals surface area contributed by atoms with Crippen LogP contribution in [0.1, 0.15) is 17.2 Å². The Morgan fingerprint density at radius 2 is 2.35 bits per heavy atom. The van der Waals surface area contributed by atoms with Gasteiger partial charge in [0.15, 0.2) is 0 Å². The second-order valence-corrected chi connectivity index (χ2v) is 6.14. The highest BCUT2D eigenvalue weighted by Crippen LogP contribution is 2.30. The molecule has 0 bridgehead atoms. The van der Waals surface area contributed by atoms with Crippen LogP contribution in [-0.2, 0) is 6.42 Å². The number of thiophene rings is 1. The van der Waals surface area contributed by atoms with E-state index < -0.39 is 6.10 Å². The Bertz CT molecular complexity index is 573.